The highest BCUT2D eigenvalue weighted by molar-refractivity contribution is 7.89. The van der Waals surface area contributed by atoms with Gasteiger partial charge in [-0.3, -0.25) is 4.79 Å². The maximum Gasteiger partial charge on any atom is 0.242 e. The quantitative estimate of drug-likeness (QED) is 0.853. The summed E-state index contributed by atoms with van der Waals surface area (Å²) in [6.07, 6.45) is 0.837. The number of nitrogens with zero attached hydrogens (tertiary/aromatic N) is 1. The molecule has 0 fully saturated rings. The van der Waals surface area contributed by atoms with Gasteiger partial charge in [0.1, 0.15) is 0 Å². The van der Waals surface area contributed by atoms with Crippen LogP contribution in [0.1, 0.15) is 12.0 Å². The molecule has 2 aromatic rings. The summed E-state index contributed by atoms with van der Waals surface area (Å²) in [5.41, 5.74) is 1.59. The minimum atomic E-state index is -3.43. The Bertz CT molecular complexity index is 801. The summed E-state index contributed by atoms with van der Waals surface area (Å²) >= 11 is 5.80. The molecular formula is C17H19ClN2O3S. The number of anilines is 1. The van der Waals surface area contributed by atoms with Crippen LogP contribution in [0.15, 0.2) is 53.4 Å². The van der Waals surface area contributed by atoms with Gasteiger partial charge in [0.2, 0.25) is 15.9 Å². The fraction of sp³-hybridized carbons (Fsp3) is 0.235. The Morgan fingerprint density at radius 1 is 1.04 bits per heavy atom. The zero-order valence-corrected chi connectivity index (χ0v) is 15.1. The van der Waals surface area contributed by atoms with Crippen molar-refractivity contribution in [3.05, 3.63) is 59.1 Å². The van der Waals surface area contributed by atoms with Crippen molar-refractivity contribution in [2.75, 3.05) is 19.4 Å². The summed E-state index contributed by atoms with van der Waals surface area (Å²) in [6, 6.07) is 13.5. The first-order valence-corrected chi connectivity index (χ1v) is 9.18. The Morgan fingerprint density at radius 3 is 2.17 bits per heavy atom. The van der Waals surface area contributed by atoms with E-state index in [1.165, 1.54) is 18.4 Å². The summed E-state index contributed by atoms with van der Waals surface area (Å²) in [5.74, 6) is -0.109. The lowest BCUT2D eigenvalue weighted by molar-refractivity contribution is -0.116. The molecule has 2 rings (SSSR count). The number of benzene rings is 2. The van der Waals surface area contributed by atoms with E-state index >= 15 is 0 Å². The van der Waals surface area contributed by atoms with Gasteiger partial charge in [0, 0.05) is 31.2 Å². The maximum atomic E-state index is 12.0. The molecule has 128 valence electrons. The van der Waals surface area contributed by atoms with E-state index in [1.807, 2.05) is 0 Å². The van der Waals surface area contributed by atoms with Crippen LogP contribution in [-0.4, -0.2) is 32.7 Å². The van der Waals surface area contributed by atoms with Gasteiger partial charge in [-0.05, 0) is 48.4 Å². The van der Waals surface area contributed by atoms with Crippen LogP contribution in [0, 0.1) is 0 Å². The number of hydrogen-bond donors (Lipinski definition) is 1. The van der Waals surface area contributed by atoms with E-state index < -0.39 is 10.0 Å². The summed E-state index contributed by atoms with van der Waals surface area (Å²) in [6.45, 7) is 0. The Balaban J connectivity index is 1.92. The van der Waals surface area contributed by atoms with Crippen molar-refractivity contribution in [1.29, 1.82) is 0 Å². The maximum absolute atomic E-state index is 12.0. The monoisotopic (exact) mass is 366 g/mol. The Morgan fingerprint density at radius 2 is 1.62 bits per heavy atom. The van der Waals surface area contributed by atoms with Gasteiger partial charge in [0.15, 0.2) is 0 Å². The van der Waals surface area contributed by atoms with Crippen LogP contribution in [0.2, 0.25) is 5.02 Å². The number of rotatable bonds is 6. The molecular weight excluding hydrogens is 348 g/mol. The lowest BCUT2D eigenvalue weighted by Gasteiger charge is -2.11. The number of amides is 1. The van der Waals surface area contributed by atoms with E-state index in [-0.39, 0.29) is 10.8 Å². The number of nitrogens with one attached hydrogen (secondary N) is 1. The molecule has 0 unspecified atom stereocenters. The molecule has 0 aromatic heterocycles. The average molecular weight is 367 g/mol. The number of sulfonamides is 1. The van der Waals surface area contributed by atoms with Gasteiger partial charge in [0.25, 0.3) is 0 Å². The third-order valence-corrected chi connectivity index (χ3v) is 5.55. The van der Waals surface area contributed by atoms with Crippen LogP contribution in [0.4, 0.5) is 5.69 Å². The van der Waals surface area contributed by atoms with Gasteiger partial charge in [-0.25, -0.2) is 12.7 Å². The van der Waals surface area contributed by atoms with Gasteiger partial charge in [-0.1, -0.05) is 23.7 Å². The fourth-order valence-electron chi connectivity index (χ4n) is 2.05. The third kappa shape index (κ3) is 4.80. The summed E-state index contributed by atoms with van der Waals surface area (Å²) in [7, 11) is -0.445. The number of aryl methyl sites for hydroxylation is 1. The van der Waals surface area contributed by atoms with Crippen molar-refractivity contribution >= 4 is 33.2 Å². The molecule has 0 saturated carbocycles. The molecule has 5 nitrogen and oxygen atoms in total. The van der Waals surface area contributed by atoms with Crippen LogP contribution in [0.25, 0.3) is 0 Å². The van der Waals surface area contributed by atoms with Gasteiger partial charge >= 0.3 is 0 Å². The highest BCUT2D eigenvalue weighted by Gasteiger charge is 2.16. The summed E-state index contributed by atoms with van der Waals surface area (Å²) in [4.78, 5) is 12.2. The number of carbonyl (C=O) groups excluding carboxylic acids is 1. The highest BCUT2D eigenvalue weighted by Crippen LogP contribution is 2.16. The predicted molar refractivity (Wildman–Crippen MR) is 95.7 cm³/mol. The van der Waals surface area contributed by atoms with E-state index in [2.05, 4.69) is 5.32 Å². The molecule has 24 heavy (non-hydrogen) atoms. The van der Waals surface area contributed by atoms with Crippen LogP contribution >= 0.6 is 11.6 Å². The number of carbonyl (C=O) groups is 1. The first kappa shape index (κ1) is 18.4. The second kappa shape index (κ2) is 7.79. The molecule has 0 saturated heterocycles. The molecule has 0 heterocycles. The second-order valence-corrected chi connectivity index (χ2v) is 8.07. The minimum absolute atomic E-state index is 0.109. The first-order chi connectivity index (χ1) is 11.3. The molecule has 0 aliphatic heterocycles. The van der Waals surface area contributed by atoms with E-state index in [4.69, 9.17) is 11.6 Å². The lowest BCUT2D eigenvalue weighted by Crippen LogP contribution is -2.22. The second-order valence-electron chi connectivity index (χ2n) is 5.49. The highest BCUT2D eigenvalue weighted by atomic mass is 35.5. The van der Waals surface area contributed by atoms with Gasteiger partial charge < -0.3 is 5.32 Å². The minimum Gasteiger partial charge on any atom is -0.326 e. The molecule has 7 heteroatoms. The molecule has 0 aliphatic carbocycles. The standard InChI is InChI=1S/C17H19ClN2O3S/c1-20(2)24(22,23)16-10-3-13(4-11-16)5-12-17(21)19-15-8-6-14(18)7-9-15/h3-4,6-11H,5,12H2,1-2H3,(H,19,21). The lowest BCUT2D eigenvalue weighted by atomic mass is 10.1. The van der Waals surface area contributed by atoms with Crippen LogP contribution < -0.4 is 5.32 Å². The summed E-state index contributed by atoms with van der Waals surface area (Å²) < 4.78 is 25.1. The zero-order chi connectivity index (χ0) is 17.7. The average Bonchev–Trinajstić information content (AvgIpc) is 2.55. The molecule has 0 aliphatic rings. The molecule has 2 aromatic carbocycles. The Labute approximate surface area is 147 Å². The Hall–Kier alpha value is -1.89. The van der Waals surface area contributed by atoms with Crippen LogP contribution in [0.3, 0.4) is 0 Å². The van der Waals surface area contributed by atoms with Crippen molar-refractivity contribution in [2.24, 2.45) is 0 Å². The summed E-state index contributed by atoms with van der Waals surface area (Å²) in [5, 5.41) is 3.40. The molecule has 0 bridgehead atoms. The SMILES string of the molecule is CN(C)S(=O)(=O)c1ccc(CCC(=O)Nc2ccc(Cl)cc2)cc1. The van der Waals surface area contributed by atoms with E-state index in [0.29, 0.717) is 23.6 Å². The van der Waals surface area contributed by atoms with E-state index in [1.54, 1.807) is 48.5 Å². The van der Waals surface area contributed by atoms with Gasteiger partial charge in [0.05, 0.1) is 4.90 Å². The zero-order valence-electron chi connectivity index (χ0n) is 13.5. The normalized spacial score (nSPS) is 11.5. The van der Waals surface area contributed by atoms with E-state index in [0.717, 1.165) is 5.56 Å². The van der Waals surface area contributed by atoms with Gasteiger partial charge in [-0.15, -0.1) is 0 Å². The molecule has 0 spiro atoms. The molecule has 1 amide bonds. The predicted octanol–water partition coefficient (Wildman–Crippen LogP) is 3.16. The number of halogens is 1. The largest absolute Gasteiger partial charge is 0.326 e. The van der Waals surface area contributed by atoms with Crippen molar-refractivity contribution in [3.63, 3.8) is 0 Å². The third-order valence-electron chi connectivity index (χ3n) is 3.47. The molecule has 0 radical (unpaired) electrons. The Kier molecular flexibility index (Phi) is 5.99. The molecule has 1 N–H and O–H groups in total. The number of hydrogen-bond acceptors (Lipinski definition) is 3. The van der Waals surface area contributed by atoms with Crippen molar-refractivity contribution in [1.82, 2.24) is 4.31 Å². The van der Waals surface area contributed by atoms with Crippen molar-refractivity contribution < 1.29 is 13.2 Å². The van der Waals surface area contributed by atoms with Crippen molar-refractivity contribution in [2.45, 2.75) is 17.7 Å². The molecule has 0 atom stereocenters. The first-order valence-electron chi connectivity index (χ1n) is 7.36. The fourth-order valence-corrected chi connectivity index (χ4v) is 3.08. The van der Waals surface area contributed by atoms with Crippen molar-refractivity contribution in [3.8, 4) is 0 Å². The smallest absolute Gasteiger partial charge is 0.242 e. The van der Waals surface area contributed by atoms with Gasteiger partial charge in [-0.2, -0.15) is 0 Å². The van der Waals surface area contributed by atoms with E-state index in [9.17, 15) is 13.2 Å². The topological polar surface area (TPSA) is 66.5 Å². The van der Waals surface area contributed by atoms with Crippen LogP contribution in [-0.2, 0) is 21.2 Å². The van der Waals surface area contributed by atoms with Crippen LogP contribution in [0.5, 0.6) is 0 Å².